The molecule has 3 aromatic rings. The molecule has 6 heteroatoms. The zero-order valence-corrected chi connectivity index (χ0v) is 17.0. The fourth-order valence-corrected chi connectivity index (χ4v) is 3.52. The van der Waals surface area contributed by atoms with Gasteiger partial charge in [0.25, 0.3) is 0 Å². The first kappa shape index (κ1) is 19.2. The first-order chi connectivity index (χ1) is 14.0. The van der Waals surface area contributed by atoms with Crippen LogP contribution in [0.4, 0.5) is 11.4 Å². The van der Waals surface area contributed by atoms with Gasteiger partial charge in [-0.3, -0.25) is 9.78 Å². The maximum atomic E-state index is 12.5. The fourth-order valence-electron chi connectivity index (χ4n) is 3.30. The highest BCUT2D eigenvalue weighted by Crippen LogP contribution is 2.38. The highest BCUT2D eigenvalue weighted by molar-refractivity contribution is 6.32. The van der Waals surface area contributed by atoms with Gasteiger partial charge in [0.15, 0.2) is 0 Å². The number of rotatable bonds is 4. The Hall–Kier alpha value is -3.18. The second-order valence-corrected chi connectivity index (χ2v) is 7.19. The molecule has 0 atom stereocenters. The summed E-state index contributed by atoms with van der Waals surface area (Å²) in [7, 11) is 0. The minimum atomic E-state index is -0.132. The summed E-state index contributed by atoms with van der Waals surface area (Å²) in [6, 6.07) is 15.5. The number of hydrogen-bond acceptors (Lipinski definition) is 4. The number of carbonyl (C=O) groups excluding carboxylic acids is 1. The van der Waals surface area contributed by atoms with Crippen LogP contribution in [0.5, 0.6) is 5.75 Å². The van der Waals surface area contributed by atoms with E-state index >= 15 is 0 Å². The highest BCUT2D eigenvalue weighted by atomic mass is 35.5. The van der Waals surface area contributed by atoms with Crippen LogP contribution in [-0.4, -0.2) is 23.2 Å². The maximum Gasteiger partial charge on any atom is 0.230 e. The summed E-state index contributed by atoms with van der Waals surface area (Å²) in [5.74, 6) is 0.418. The van der Waals surface area contributed by atoms with Gasteiger partial charge in [-0.05, 0) is 54.8 Å². The van der Waals surface area contributed by atoms with E-state index in [0.29, 0.717) is 34.5 Å². The Bertz CT molecular complexity index is 1120. The number of aromatic nitrogens is 1. The molecule has 1 N–H and O–H groups in total. The number of hydrogen-bond donors (Lipinski definition) is 1. The van der Waals surface area contributed by atoms with Gasteiger partial charge in [-0.1, -0.05) is 29.8 Å². The zero-order chi connectivity index (χ0) is 20.4. The Morgan fingerprint density at radius 2 is 1.90 bits per heavy atom. The lowest BCUT2D eigenvalue weighted by Gasteiger charge is -2.10. The highest BCUT2D eigenvalue weighted by Gasteiger charge is 2.19. The molecule has 5 nitrogen and oxygen atoms in total. The van der Waals surface area contributed by atoms with Crippen molar-refractivity contribution in [3.63, 3.8) is 0 Å². The average Bonchev–Trinajstić information content (AvgIpc) is 2.86. The van der Waals surface area contributed by atoms with Gasteiger partial charge in [0.1, 0.15) is 5.75 Å². The number of amides is 1. The molecule has 0 saturated carbocycles. The van der Waals surface area contributed by atoms with E-state index in [1.807, 2.05) is 50.2 Å². The third-order valence-corrected chi connectivity index (χ3v) is 4.93. The van der Waals surface area contributed by atoms with E-state index in [1.165, 1.54) is 0 Å². The van der Waals surface area contributed by atoms with Gasteiger partial charge >= 0.3 is 0 Å². The van der Waals surface area contributed by atoms with Crippen LogP contribution in [0.3, 0.4) is 0 Å². The number of aryl methyl sites for hydroxylation is 1. The van der Waals surface area contributed by atoms with Crippen molar-refractivity contribution in [2.45, 2.75) is 20.3 Å². The lowest BCUT2D eigenvalue weighted by Crippen LogP contribution is -2.15. The molecule has 1 aliphatic heterocycles. The fraction of sp³-hybridized carbons (Fsp3) is 0.174. The minimum absolute atomic E-state index is 0.132. The number of aliphatic imine (C=N–C) groups is 1. The Morgan fingerprint density at radius 3 is 2.69 bits per heavy atom. The second kappa shape index (κ2) is 8.05. The van der Waals surface area contributed by atoms with Crippen LogP contribution in [0.1, 0.15) is 24.6 Å². The largest absolute Gasteiger partial charge is 0.492 e. The minimum Gasteiger partial charge on any atom is -0.492 e. The number of benzene rings is 2. The Kier molecular flexibility index (Phi) is 5.32. The Morgan fingerprint density at radius 1 is 1.10 bits per heavy atom. The molecule has 0 fully saturated rings. The van der Waals surface area contributed by atoms with E-state index in [0.717, 1.165) is 22.4 Å². The van der Waals surface area contributed by atoms with Gasteiger partial charge in [-0.25, -0.2) is 4.99 Å². The van der Waals surface area contributed by atoms with E-state index in [4.69, 9.17) is 21.3 Å². The molecule has 0 radical (unpaired) electrons. The van der Waals surface area contributed by atoms with Gasteiger partial charge in [-0.2, -0.15) is 0 Å². The first-order valence-electron chi connectivity index (χ1n) is 9.40. The van der Waals surface area contributed by atoms with Crippen molar-refractivity contribution in [3.8, 4) is 16.9 Å². The van der Waals surface area contributed by atoms with E-state index in [1.54, 1.807) is 18.3 Å². The summed E-state index contributed by atoms with van der Waals surface area (Å²) in [5.41, 5.74) is 5.87. The van der Waals surface area contributed by atoms with E-state index in [2.05, 4.69) is 10.3 Å². The number of ether oxygens (including phenoxy) is 1. The summed E-state index contributed by atoms with van der Waals surface area (Å²) in [6.07, 6.45) is 1.97. The molecule has 1 aliphatic rings. The van der Waals surface area contributed by atoms with Crippen molar-refractivity contribution in [1.29, 1.82) is 0 Å². The van der Waals surface area contributed by atoms with Gasteiger partial charge in [0, 0.05) is 18.0 Å². The number of anilines is 1. The SMILES string of the molecule is CCOc1cc2c(cc1Cl)NC(=O)CC(c1cccc(-c3ccnc(C)c3)c1)=N2. The zero-order valence-electron chi connectivity index (χ0n) is 16.2. The Labute approximate surface area is 174 Å². The van der Waals surface area contributed by atoms with E-state index < -0.39 is 0 Å². The van der Waals surface area contributed by atoms with Crippen molar-refractivity contribution in [2.75, 3.05) is 11.9 Å². The van der Waals surface area contributed by atoms with Crippen LogP contribution in [-0.2, 0) is 4.79 Å². The van der Waals surface area contributed by atoms with Gasteiger partial charge in [0.05, 0.1) is 35.1 Å². The summed E-state index contributed by atoms with van der Waals surface area (Å²) in [6.45, 7) is 4.35. The normalized spacial score (nSPS) is 13.2. The van der Waals surface area contributed by atoms with Crippen LogP contribution in [0.25, 0.3) is 11.1 Å². The van der Waals surface area contributed by atoms with Crippen LogP contribution in [0, 0.1) is 6.92 Å². The standard InChI is InChI=1S/C23H20ClN3O2/c1-3-29-22-12-21-20(11-18(22)24)27-23(28)13-19(26-21)17-6-4-5-15(10-17)16-7-8-25-14(2)9-16/h4-12H,3,13H2,1-2H3,(H,27,28). The molecule has 2 aromatic carbocycles. The predicted molar refractivity (Wildman–Crippen MR) is 116 cm³/mol. The second-order valence-electron chi connectivity index (χ2n) is 6.78. The lowest BCUT2D eigenvalue weighted by atomic mass is 10.00. The lowest BCUT2D eigenvalue weighted by molar-refractivity contribution is -0.115. The quantitative estimate of drug-likeness (QED) is 0.616. The van der Waals surface area contributed by atoms with Crippen molar-refractivity contribution in [1.82, 2.24) is 4.98 Å². The third-order valence-electron chi connectivity index (χ3n) is 4.63. The molecule has 4 rings (SSSR count). The predicted octanol–water partition coefficient (Wildman–Crippen LogP) is 5.57. The van der Waals surface area contributed by atoms with E-state index in [9.17, 15) is 4.79 Å². The molecule has 29 heavy (non-hydrogen) atoms. The van der Waals surface area contributed by atoms with Gasteiger partial charge < -0.3 is 10.1 Å². The molecule has 2 heterocycles. The van der Waals surface area contributed by atoms with Crippen LogP contribution >= 0.6 is 11.6 Å². The molecule has 0 saturated heterocycles. The van der Waals surface area contributed by atoms with Crippen molar-refractivity contribution >= 4 is 34.6 Å². The first-order valence-corrected chi connectivity index (χ1v) is 9.78. The maximum absolute atomic E-state index is 12.5. The summed E-state index contributed by atoms with van der Waals surface area (Å²) >= 11 is 6.27. The monoisotopic (exact) mass is 405 g/mol. The molecule has 0 unspecified atom stereocenters. The number of carbonyl (C=O) groups is 1. The molecule has 0 aliphatic carbocycles. The van der Waals surface area contributed by atoms with Crippen LogP contribution in [0.15, 0.2) is 59.7 Å². The molecule has 1 amide bonds. The van der Waals surface area contributed by atoms with Crippen LogP contribution in [0.2, 0.25) is 5.02 Å². The smallest absolute Gasteiger partial charge is 0.230 e. The number of fused-ring (bicyclic) bond motifs is 1. The summed E-state index contributed by atoms with van der Waals surface area (Å²) in [4.78, 5) is 21.5. The number of halogens is 1. The molecule has 146 valence electrons. The molecular weight excluding hydrogens is 386 g/mol. The molecule has 0 spiro atoms. The van der Waals surface area contributed by atoms with Gasteiger partial charge in [-0.15, -0.1) is 0 Å². The molecular formula is C23H20ClN3O2. The van der Waals surface area contributed by atoms with Crippen molar-refractivity contribution in [2.24, 2.45) is 4.99 Å². The topological polar surface area (TPSA) is 63.6 Å². The third kappa shape index (κ3) is 4.15. The summed E-state index contributed by atoms with van der Waals surface area (Å²) < 4.78 is 5.58. The number of nitrogens with zero attached hydrogens (tertiary/aromatic N) is 2. The molecule has 0 bridgehead atoms. The van der Waals surface area contributed by atoms with Gasteiger partial charge in [0.2, 0.25) is 5.91 Å². The number of pyridine rings is 1. The van der Waals surface area contributed by atoms with Crippen LogP contribution < -0.4 is 10.1 Å². The van der Waals surface area contributed by atoms with Crippen molar-refractivity contribution in [3.05, 3.63) is 71.0 Å². The van der Waals surface area contributed by atoms with E-state index in [-0.39, 0.29) is 12.3 Å². The van der Waals surface area contributed by atoms with Crippen molar-refractivity contribution < 1.29 is 9.53 Å². The summed E-state index contributed by atoms with van der Waals surface area (Å²) in [5, 5.41) is 3.33. The molecule has 1 aromatic heterocycles. The number of nitrogens with one attached hydrogen (secondary N) is 1. The average molecular weight is 406 g/mol. The Balaban J connectivity index is 1.78.